The topological polar surface area (TPSA) is 85.6 Å². The molecule has 1 heterocycles. The van der Waals surface area contributed by atoms with Crippen molar-refractivity contribution in [2.75, 3.05) is 11.9 Å². The van der Waals surface area contributed by atoms with Crippen LogP contribution in [0.2, 0.25) is 0 Å². The summed E-state index contributed by atoms with van der Waals surface area (Å²) in [7, 11) is 0. The van der Waals surface area contributed by atoms with Crippen molar-refractivity contribution in [2.45, 2.75) is 6.18 Å². The van der Waals surface area contributed by atoms with Gasteiger partial charge in [-0.1, -0.05) is 58.4 Å². The lowest BCUT2D eigenvalue weighted by molar-refractivity contribution is -0.137. The van der Waals surface area contributed by atoms with Crippen LogP contribution in [-0.4, -0.2) is 28.4 Å². The molecule has 0 unspecified atom stereocenters. The van der Waals surface area contributed by atoms with Gasteiger partial charge in [-0.2, -0.15) is 22.9 Å². The Morgan fingerprint density at radius 1 is 0.976 bits per heavy atom. The summed E-state index contributed by atoms with van der Waals surface area (Å²) in [5, 5.41) is 7.29. The maximum Gasteiger partial charge on any atom is 0.416 e. The Morgan fingerprint density at radius 3 is 2.51 bits per heavy atom. The van der Waals surface area contributed by atoms with Crippen molar-refractivity contribution < 1.29 is 22.7 Å². The zero-order valence-corrected chi connectivity index (χ0v) is 22.7. The van der Waals surface area contributed by atoms with Gasteiger partial charge >= 0.3 is 6.18 Å². The lowest BCUT2D eigenvalue weighted by Gasteiger charge is -2.13. The van der Waals surface area contributed by atoms with Crippen LogP contribution < -0.4 is 15.6 Å². The van der Waals surface area contributed by atoms with E-state index in [9.17, 15) is 22.8 Å². The Balaban J connectivity index is 1.52. The maximum absolute atomic E-state index is 13.5. The van der Waals surface area contributed by atoms with Gasteiger partial charge in [-0.15, -0.1) is 0 Å². The number of carbonyl (C=O) groups excluding carboxylic acids is 1. The van der Waals surface area contributed by atoms with E-state index >= 15 is 0 Å². The van der Waals surface area contributed by atoms with Gasteiger partial charge in [0, 0.05) is 21.3 Å². The van der Waals surface area contributed by atoms with Crippen LogP contribution in [0, 0.1) is 0 Å². The van der Waals surface area contributed by atoms with Gasteiger partial charge in [0.1, 0.15) is 5.75 Å². The molecule has 5 rings (SSSR count). The molecule has 0 spiro atoms. The second kappa shape index (κ2) is 11.8. The highest BCUT2D eigenvalue weighted by molar-refractivity contribution is 9.10. The van der Waals surface area contributed by atoms with Gasteiger partial charge in [0.25, 0.3) is 11.5 Å². The summed E-state index contributed by atoms with van der Waals surface area (Å²) in [6, 6.07) is 24.9. The largest absolute Gasteiger partial charge is 0.483 e. The van der Waals surface area contributed by atoms with Gasteiger partial charge in [0.15, 0.2) is 12.4 Å². The average Bonchev–Trinajstić information content (AvgIpc) is 2.96. The van der Waals surface area contributed by atoms with Crippen LogP contribution in [0.3, 0.4) is 0 Å². The van der Waals surface area contributed by atoms with Crippen molar-refractivity contribution in [3.05, 3.63) is 123 Å². The number of nitrogens with one attached hydrogen (secondary N) is 1. The Bertz CT molecular complexity index is 1820. The van der Waals surface area contributed by atoms with E-state index in [-0.39, 0.29) is 29.3 Å². The first-order chi connectivity index (χ1) is 19.7. The number of para-hydroxylation sites is 2. The third-order valence-corrected chi connectivity index (χ3v) is 6.40. The first-order valence-electron chi connectivity index (χ1n) is 12.2. The summed E-state index contributed by atoms with van der Waals surface area (Å²) < 4.78 is 47.7. The highest BCUT2D eigenvalue weighted by Gasteiger charge is 2.31. The van der Waals surface area contributed by atoms with Gasteiger partial charge in [0.05, 0.1) is 22.7 Å². The van der Waals surface area contributed by atoms with E-state index < -0.39 is 17.3 Å². The maximum atomic E-state index is 13.5. The number of fused-ring (bicyclic) bond motifs is 1. The lowest BCUT2D eigenvalue weighted by atomic mass is 10.1. The van der Waals surface area contributed by atoms with E-state index in [1.807, 2.05) is 6.07 Å². The van der Waals surface area contributed by atoms with Crippen molar-refractivity contribution >= 4 is 44.6 Å². The highest BCUT2D eigenvalue weighted by Crippen LogP contribution is 2.32. The fraction of sp³-hybridized carbons (Fsp3) is 0.0667. The summed E-state index contributed by atoms with van der Waals surface area (Å²) in [6.45, 7) is -0.301. The molecule has 0 fully saturated rings. The van der Waals surface area contributed by atoms with Crippen LogP contribution in [0.25, 0.3) is 22.3 Å². The Morgan fingerprint density at radius 2 is 1.73 bits per heavy atom. The fourth-order valence-corrected chi connectivity index (χ4v) is 4.36. The molecule has 4 aromatic carbocycles. The normalized spacial score (nSPS) is 11.6. The van der Waals surface area contributed by atoms with Crippen molar-refractivity contribution in [3.8, 4) is 17.1 Å². The number of nitrogens with zero attached hydrogens (tertiary/aromatic N) is 3. The monoisotopic (exact) mass is 620 g/mol. The first kappa shape index (κ1) is 27.8. The number of halogens is 4. The number of benzene rings is 4. The third kappa shape index (κ3) is 6.52. The zero-order chi connectivity index (χ0) is 29.0. The summed E-state index contributed by atoms with van der Waals surface area (Å²) >= 11 is 3.39. The van der Waals surface area contributed by atoms with E-state index in [0.717, 1.165) is 16.8 Å². The van der Waals surface area contributed by atoms with E-state index in [1.54, 1.807) is 66.7 Å². The number of alkyl halides is 3. The number of ether oxygens (including phenoxy) is 1. The van der Waals surface area contributed by atoms with Crippen LogP contribution in [-0.2, 0) is 11.0 Å². The molecule has 11 heteroatoms. The third-order valence-electron chi connectivity index (χ3n) is 5.90. The molecule has 0 saturated carbocycles. The van der Waals surface area contributed by atoms with Crippen molar-refractivity contribution in [3.63, 3.8) is 0 Å². The molecule has 0 aliphatic rings. The molecule has 0 radical (unpaired) electrons. The minimum atomic E-state index is -4.59. The predicted molar refractivity (Wildman–Crippen MR) is 154 cm³/mol. The molecule has 41 heavy (non-hydrogen) atoms. The molecule has 0 aliphatic carbocycles. The van der Waals surface area contributed by atoms with Gasteiger partial charge in [-0.3, -0.25) is 9.59 Å². The number of aromatic nitrogens is 2. The number of hydrogen-bond donors (Lipinski definition) is 1. The molecule has 5 aromatic rings. The van der Waals surface area contributed by atoms with Crippen LogP contribution in [0.4, 0.5) is 18.9 Å². The van der Waals surface area contributed by atoms with E-state index in [2.05, 4.69) is 31.3 Å². The molecular weight excluding hydrogens is 601 g/mol. The summed E-state index contributed by atoms with van der Waals surface area (Å²) in [5.74, 6) is -0.165. The molecular formula is C30H20BrF3N4O3. The average molecular weight is 621 g/mol. The molecule has 0 aliphatic heterocycles. The molecule has 0 atom stereocenters. The first-order valence-corrected chi connectivity index (χ1v) is 13.0. The van der Waals surface area contributed by atoms with Gasteiger partial charge in [-0.05, 0) is 54.6 Å². The second-order valence-electron chi connectivity index (χ2n) is 8.78. The van der Waals surface area contributed by atoms with E-state index in [4.69, 9.17) is 4.74 Å². The summed E-state index contributed by atoms with van der Waals surface area (Å²) in [6.07, 6.45) is -3.26. The second-order valence-corrected chi connectivity index (χ2v) is 9.69. The van der Waals surface area contributed by atoms with Crippen LogP contribution in [0.5, 0.6) is 5.75 Å². The number of carbonyl (C=O) groups is 1. The van der Waals surface area contributed by atoms with Gasteiger partial charge in [0.2, 0.25) is 0 Å². The molecule has 206 valence electrons. The van der Waals surface area contributed by atoms with Gasteiger partial charge in [-0.25, -0.2) is 4.98 Å². The van der Waals surface area contributed by atoms with Crippen molar-refractivity contribution in [2.24, 2.45) is 5.10 Å². The zero-order valence-electron chi connectivity index (χ0n) is 21.1. The molecule has 0 bridgehead atoms. The lowest BCUT2D eigenvalue weighted by Crippen LogP contribution is -2.21. The van der Waals surface area contributed by atoms with Crippen molar-refractivity contribution in [1.82, 2.24) is 9.66 Å². The SMILES string of the molecule is O=C(COc1ccc(Br)cc1C=Nn1c(-c2cccc(C(F)(F)F)c2)nc2ccccc2c1=O)Nc1ccccc1. The standard InChI is InChI=1S/C30H20BrF3N4O3/c31-22-13-14-26(41-18-27(39)36-23-9-2-1-3-10-23)20(16-22)17-35-38-28(19-7-6-8-21(15-19)30(32,33)34)37-25-12-5-4-11-24(25)29(38)40/h1-17H,18H2,(H,36,39). The summed E-state index contributed by atoms with van der Waals surface area (Å²) in [4.78, 5) is 30.3. The molecule has 1 amide bonds. The molecule has 0 saturated heterocycles. The molecule has 1 aromatic heterocycles. The predicted octanol–water partition coefficient (Wildman–Crippen LogP) is 6.74. The molecule has 7 nitrogen and oxygen atoms in total. The minimum Gasteiger partial charge on any atom is -0.483 e. The Kier molecular flexibility index (Phi) is 7.97. The fourth-order valence-electron chi connectivity index (χ4n) is 3.99. The van der Waals surface area contributed by atoms with Crippen molar-refractivity contribution in [1.29, 1.82) is 0 Å². The molecule has 1 N–H and O–H groups in total. The Hall–Kier alpha value is -4.77. The number of anilines is 1. The van der Waals surface area contributed by atoms with E-state index in [1.165, 1.54) is 18.3 Å². The minimum absolute atomic E-state index is 0.0585. The number of amides is 1. The van der Waals surface area contributed by atoms with Gasteiger partial charge < -0.3 is 10.1 Å². The number of hydrogen-bond acceptors (Lipinski definition) is 5. The summed E-state index contributed by atoms with van der Waals surface area (Å²) in [5.41, 5.74) is -0.0651. The van der Waals surface area contributed by atoms with Crippen LogP contribution >= 0.6 is 15.9 Å². The number of rotatable bonds is 7. The van der Waals surface area contributed by atoms with E-state index in [0.29, 0.717) is 27.0 Å². The Labute approximate surface area is 240 Å². The quantitative estimate of drug-likeness (QED) is 0.204. The highest BCUT2D eigenvalue weighted by atomic mass is 79.9. The van der Waals surface area contributed by atoms with Crippen LogP contribution in [0.1, 0.15) is 11.1 Å². The van der Waals surface area contributed by atoms with Crippen LogP contribution in [0.15, 0.2) is 111 Å². The smallest absolute Gasteiger partial charge is 0.416 e.